The molecule has 0 aromatic heterocycles. The van der Waals surface area contributed by atoms with Crippen LogP contribution in [-0.2, 0) is 11.3 Å². The van der Waals surface area contributed by atoms with E-state index >= 15 is 0 Å². The summed E-state index contributed by atoms with van der Waals surface area (Å²) in [5, 5.41) is 6.41. The van der Waals surface area contributed by atoms with E-state index in [1.54, 1.807) is 20.3 Å². The van der Waals surface area contributed by atoms with Crippen LogP contribution in [0.4, 0.5) is 11.4 Å². The van der Waals surface area contributed by atoms with E-state index in [-0.39, 0.29) is 11.9 Å². The van der Waals surface area contributed by atoms with Crippen molar-refractivity contribution in [2.75, 3.05) is 37.9 Å². The van der Waals surface area contributed by atoms with Crippen LogP contribution >= 0.6 is 0 Å². The first kappa shape index (κ1) is 23.2. The summed E-state index contributed by atoms with van der Waals surface area (Å²) in [5.74, 6) is 2.62. The van der Waals surface area contributed by atoms with Crippen LogP contribution in [0.3, 0.4) is 0 Å². The Hall–Kier alpha value is -2.99. The molecule has 2 aliphatic rings. The van der Waals surface area contributed by atoms with Crippen LogP contribution in [0.5, 0.6) is 11.5 Å². The monoisotopic (exact) mass is 449 g/mol. The number of nitrogens with zero attached hydrogens (tertiary/aromatic N) is 1. The second kappa shape index (κ2) is 9.87. The first-order valence-corrected chi connectivity index (χ1v) is 11.7. The Morgan fingerprint density at radius 2 is 1.73 bits per heavy atom. The third kappa shape index (κ3) is 5.33. The van der Waals surface area contributed by atoms with E-state index in [0.717, 1.165) is 35.3 Å². The summed E-state index contributed by atoms with van der Waals surface area (Å²) >= 11 is 0. The van der Waals surface area contributed by atoms with Crippen molar-refractivity contribution in [1.82, 2.24) is 4.90 Å². The Kier molecular flexibility index (Phi) is 6.94. The van der Waals surface area contributed by atoms with Gasteiger partial charge in [-0.05, 0) is 55.0 Å². The summed E-state index contributed by atoms with van der Waals surface area (Å²) in [6.45, 7) is 10.1. The van der Waals surface area contributed by atoms with Crippen molar-refractivity contribution in [1.29, 1.82) is 0 Å². The van der Waals surface area contributed by atoms with E-state index in [0.29, 0.717) is 17.1 Å². The molecule has 3 atom stereocenters. The van der Waals surface area contributed by atoms with E-state index in [2.05, 4.69) is 53.6 Å². The van der Waals surface area contributed by atoms with Crippen molar-refractivity contribution in [2.45, 2.75) is 39.8 Å². The molecule has 2 heterocycles. The van der Waals surface area contributed by atoms with Crippen molar-refractivity contribution in [3.63, 3.8) is 0 Å². The predicted octanol–water partition coefficient (Wildman–Crippen LogP) is 5.02. The number of amides is 1. The number of rotatable bonds is 7. The molecular weight excluding hydrogens is 414 g/mol. The minimum absolute atomic E-state index is 0.0283. The standard InChI is InChI=1S/C27H35N3O3/c1-17-10-18(2)15-30(14-17)16-20-6-8-21(9-7-20)28-19(3)11-23-22-12-25(32-4)26(33-5)13-24(22)29-27(23)31/h6-9,11-13,17-19,28H,10,14-16H2,1-5H3,(H,29,31). The molecule has 2 aliphatic heterocycles. The summed E-state index contributed by atoms with van der Waals surface area (Å²) in [6.07, 6.45) is 3.28. The number of nitrogens with one attached hydrogen (secondary N) is 2. The summed E-state index contributed by atoms with van der Waals surface area (Å²) in [7, 11) is 3.18. The van der Waals surface area contributed by atoms with Crippen LogP contribution in [0.2, 0.25) is 0 Å². The number of anilines is 2. The minimum atomic E-state index is -0.116. The van der Waals surface area contributed by atoms with Gasteiger partial charge in [0.25, 0.3) is 5.91 Å². The van der Waals surface area contributed by atoms with Gasteiger partial charge in [0.15, 0.2) is 11.5 Å². The number of hydrogen-bond acceptors (Lipinski definition) is 5. The first-order chi connectivity index (χ1) is 15.9. The fourth-order valence-electron chi connectivity index (χ4n) is 5.12. The Morgan fingerprint density at radius 1 is 1.09 bits per heavy atom. The van der Waals surface area contributed by atoms with Crippen molar-refractivity contribution >= 4 is 22.9 Å². The van der Waals surface area contributed by atoms with Gasteiger partial charge in [-0.25, -0.2) is 0 Å². The Morgan fingerprint density at radius 3 is 2.36 bits per heavy atom. The Balaban J connectivity index is 1.43. The zero-order chi connectivity index (χ0) is 23.5. The zero-order valence-electron chi connectivity index (χ0n) is 20.3. The van der Waals surface area contributed by atoms with Gasteiger partial charge in [0, 0.05) is 48.6 Å². The van der Waals surface area contributed by atoms with Crippen LogP contribution < -0.4 is 20.1 Å². The van der Waals surface area contributed by atoms with E-state index in [1.807, 2.05) is 19.1 Å². The summed E-state index contributed by atoms with van der Waals surface area (Å²) in [6, 6.07) is 12.3. The van der Waals surface area contributed by atoms with Gasteiger partial charge in [-0.1, -0.05) is 26.0 Å². The van der Waals surface area contributed by atoms with Crippen LogP contribution in [0, 0.1) is 11.8 Å². The van der Waals surface area contributed by atoms with Gasteiger partial charge in [0.05, 0.1) is 19.9 Å². The van der Waals surface area contributed by atoms with Crippen molar-refractivity contribution in [3.05, 3.63) is 53.6 Å². The molecule has 0 saturated carbocycles. The number of carbonyl (C=O) groups is 1. The molecule has 0 aliphatic carbocycles. The number of piperidine rings is 1. The highest BCUT2D eigenvalue weighted by Gasteiger charge is 2.27. The fraction of sp³-hybridized carbons (Fsp3) is 0.444. The molecule has 2 N–H and O–H groups in total. The van der Waals surface area contributed by atoms with Gasteiger partial charge in [-0.3, -0.25) is 9.69 Å². The third-order valence-electron chi connectivity index (χ3n) is 6.42. The van der Waals surface area contributed by atoms with Crippen LogP contribution in [0.1, 0.15) is 38.3 Å². The quantitative estimate of drug-likeness (QED) is 0.582. The average molecular weight is 450 g/mol. The van der Waals surface area contributed by atoms with E-state index in [4.69, 9.17) is 9.47 Å². The second-order valence-corrected chi connectivity index (χ2v) is 9.56. The number of benzene rings is 2. The number of carbonyl (C=O) groups excluding carboxylic acids is 1. The normalized spacial score (nSPS) is 22.6. The molecule has 6 heteroatoms. The molecule has 0 bridgehead atoms. The van der Waals surface area contributed by atoms with Gasteiger partial charge in [0.1, 0.15) is 0 Å². The molecule has 0 spiro atoms. The van der Waals surface area contributed by atoms with Gasteiger partial charge in [0.2, 0.25) is 0 Å². The van der Waals surface area contributed by atoms with Gasteiger partial charge in [-0.15, -0.1) is 0 Å². The number of likely N-dealkylation sites (tertiary alicyclic amines) is 1. The number of methoxy groups -OCH3 is 2. The molecule has 1 fully saturated rings. The second-order valence-electron chi connectivity index (χ2n) is 9.56. The molecule has 0 radical (unpaired) electrons. The Labute approximate surface area is 197 Å². The average Bonchev–Trinajstić information content (AvgIpc) is 3.07. The van der Waals surface area contributed by atoms with Crippen molar-refractivity contribution in [2.24, 2.45) is 11.8 Å². The predicted molar refractivity (Wildman–Crippen MR) is 134 cm³/mol. The third-order valence-corrected chi connectivity index (χ3v) is 6.42. The largest absolute Gasteiger partial charge is 0.493 e. The molecule has 2 aromatic rings. The first-order valence-electron chi connectivity index (χ1n) is 11.7. The lowest BCUT2D eigenvalue weighted by Crippen LogP contribution is -2.38. The molecule has 4 rings (SSSR count). The lowest BCUT2D eigenvalue weighted by atomic mass is 9.91. The Bertz CT molecular complexity index is 1020. The highest BCUT2D eigenvalue weighted by Crippen LogP contribution is 2.40. The lowest BCUT2D eigenvalue weighted by Gasteiger charge is -2.35. The van der Waals surface area contributed by atoms with Crippen LogP contribution in [-0.4, -0.2) is 44.2 Å². The molecule has 176 valence electrons. The maximum Gasteiger partial charge on any atom is 0.256 e. The summed E-state index contributed by atoms with van der Waals surface area (Å²) in [4.78, 5) is 15.2. The molecule has 33 heavy (non-hydrogen) atoms. The van der Waals surface area contributed by atoms with Gasteiger partial charge < -0.3 is 20.1 Å². The maximum atomic E-state index is 12.6. The van der Waals surface area contributed by atoms with E-state index in [9.17, 15) is 4.79 Å². The molecule has 6 nitrogen and oxygen atoms in total. The van der Waals surface area contributed by atoms with Gasteiger partial charge >= 0.3 is 0 Å². The van der Waals surface area contributed by atoms with Crippen LogP contribution in [0.25, 0.3) is 5.57 Å². The highest BCUT2D eigenvalue weighted by molar-refractivity contribution is 6.31. The van der Waals surface area contributed by atoms with Crippen LogP contribution in [0.15, 0.2) is 42.5 Å². The highest BCUT2D eigenvalue weighted by atomic mass is 16.5. The zero-order valence-corrected chi connectivity index (χ0v) is 20.3. The molecule has 2 aromatic carbocycles. The molecule has 3 unspecified atom stereocenters. The van der Waals surface area contributed by atoms with E-state index in [1.165, 1.54) is 25.1 Å². The fourth-order valence-corrected chi connectivity index (χ4v) is 5.12. The number of hydrogen-bond donors (Lipinski definition) is 2. The maximum absolute atomic E-state index is 12.6. The summed E-state index contributed by atoms with van der Waals surface area (Å²) in [5.41, 5.74) is 4.57. The van der Waals surface area contributed by atoms with Crippen molar-refractivity contribution in [3.8, 4) is 11.5 Å². The van der Waals surface area contributed by atoms with E-state index < -0.39 is 0 Å². The smallest absolute Gasteiger partial charge is 0.256 e. The minimum Gasteiger partial charge on any atom is -0.493 e. The van der Waals surface area contributed by atoms with Crippen molar-refractivity contribution < 1.29 is 14.3 Å². The summed E-state index contributed by atoms with van der Waals surface area (Å²) < 4.78 is 10.8. The lowest BCUT2D eigenvalue weighted by molar-refractivity contribution is -0.110. The molecule has 1 saturated heterocycles. The SMILES string of the molecule is COc1cc2c(cc1OC)C(=CC(C)Nc1ccc(CN3CC(C)CC(C)C3)cc1)C(=O)N2. The number of ether oxygens (including phenoxy) is 2. The molecule has 1 amide bonds. The topological polar surface area (TPSA) is 62.8 Å². The number of fused-ring (bicyclic) bond motifs is 1. The molecular formula is C27H35N3O3. The van der Waals surface area contributed by atoms with Gasteiger partial charge in [-0.2, -0.15) is 0 Å².